The molecule has 8 heteroatoms. The Labute approximate surface area is 120 Å². The minimum Gasteiger partial charge on any atom is -0.481 e. The van der Waals surface area contributed by atoms with Crippen LogP contribution in [0.4, 0.5) is 5.13 Å². The fourth-order valence-electron chi connectivity index (χ4n) is 1.36. The lowest BCUT2D eigenvalue weighted by Crippen LogP contribution is -2.19. The van der Waals surface area contributed by atoms with Crippen LogP contribution in [0.5, 0.6) is 0 Å². The highest BCUT2D eigenvalue weighted by Gasteiger charge is 2.07. The van der Waals surface area contributed by atoms with E-state index in [1.54, 1.807) is 7.11 Å². The maximum atomic E-state index is 11.5. The smallest absolute Gasteiger partial charge is 0.303 e. The number of carbonyl (C=O) groups excluding carboxylic acids is 1. The monoisotopic (exact) mass is 302 g/mol. The van der Waals surface area contributed by atoms with Crippen molar-refractivity contribution in [3.05, 3.63) is 11.1 Å². The molecule has 1 rings (SSSR count). The van der Waals surface area contributed by atoms with Crippen LogP contribution in [0, 0.1) is 0 Å². The number of hydrogen-bond donors (Lipinski definition) is 2. The number of hydrogen-bond acceptors (Lipinski definition) is 6. The van der Waals surface area contributed by atoms with E-state index in [4.69, 9.17) is 14.6 Å². The van der Waals surface area contributed by atoms with Gasteiger partial charge in [0.1, 0.15) is 6.61 Å². The maximum absolute atomic E-state index is 11.5. The Morgan fingerprint density at radius 3 is 2.95 bits per heavy atom. The van der Waals surface area contributed by atoms with Crippen LogP contribution in [0.15, 0.2) is 5.38 Å². The van der Waals surface area contributed by atoms with Gasteiger partial charge in [-0.05, 0) is 12.8 Å². The molecule has 0 spiro atoms. The Hall–Kier alpha value is -1.51. The van der Waals surface area contributed by atoms with Crippen LogP contribution in [-0.4, -0.2) is 48.9 Å². The second kappa shape index (κ2) is 9.40. The number of rotatable bonds is 10. The van der Waals surface area contributed by atoms with E-state index in [2.05, 4.69) is 10.3 Å². The number of amides is 1. The van der Waals surface area contributed by atoms with Gasteiger partial charge in [-0.1, -0.05) is 0 Å². The van der Waals surface area contributed by atoms with Crippen LogP contribution in [0.25, 0.3) is 0 Å². The van der Waals surface area contributed by atoms with Crippen molar-refractivity contribution >= 4 is 28.3 Å². The first-order valence-corrected chi connectivity index (χ1v) is 7.02. The van der Waals surface area contributed by atoms with Gasteiger partial charge in [-0.3, -0.25) is 14.9 Å². The van der Waals surface area contributed by atoms with Gasteiger partial charge in [-0.25, -0.2) is 4.98 Å². The zero-order chi connectivity index (χ0) is 14.8. The predicted molar refractivity (Wildman–Crippen MR) is 74.0 cm³/mol. The third kappa shape index (κ3) is 7.17. The molecule has 0 aliphatic heterocycles. The number of carboxylic acid groups (broad SMARTS) is 1. The van der Waals surface area contributed by atoms with Crippen molar-refractivity contribution in [3.8, 4) is 0 Å². The number of aryl methyl sites for hydroxylation is 1. The first kappa shape index (κ1) is 16.5. The van der Waals surface area contributed by atoms with Gasteiger partial charge >= 0.3 is 5.97 Å². The third-order valence-electron chi connectivity index (χ3n) is 2.29. The summed E-state index contributed by atoms with van der Waals surface area (Å²) in [6, 6.07) is 0. The summed E-state index contributed by atoms with van der Waals surface area (Å²) in [5, 5.41) is 13.5. The van der Waals surface area contributed by atoms with E-state index >= 15 is 0 Å². The average Bonchev–Trinajstić information content (AvgIpc) is 2.82. The van der Waals surface area contributed by atoms with Gasteiger partial charge in [0.15, 0.2) is 5.13 Å². The Balaban J connectivity index is 2.25. The lowest BCUT2D eigenvalue weighted by molar-refractivity contribution is -0.137. The van der Waals surface area contributed by atoms with Crippen LogP contribution >= 0.6 is 11.3 Å². The van der Waals surface area contributed by atoms with Gasteiger partial charge in [0, 0.05) is 18.9 Å². The summed E-state index contributed by atoms with van der Waals surface area (Å²) in [4.78, 5) is 26.1. The van der Waals surface area contributed by atoms with Crippen LogP contribution < -0.4 is 5.32 Å². The highest BCUT2D eigenvalue weighted by molar-refractivity contribution is 7.13. The SMILES string of the molecule is COCCOCC(=O)Nc1nc(CCCC(=O)O)cs1. The summed E-state index contributed by atoms with van der Waals surface area (Å²) in [5.74, 6) is -1.09. The van der Waals surface area contributed by atoms with Crippen molar-refractivity contribution in [1.29, 1.82) is 0 Å². The number of nitrogens with zero attached hydrogens (tertiary/aromatic N) is 1. The molecule has 7 nitrogen and oxygen atoms in total. The van der Waals surface area contributed by atoms with Crippen LogP contribution in [-0.2, 0) is 25.5 Å². The van der Waals surface area contributed by atoms with E-state index in [1.807, 2.05) is 5.38 Å². The van der Waals surface area contributed by atoms with Crippen molar-refractivity contribution in [1.82, 2.24) is 4.98 Å². The highest BCUT2D eigenvalue weighted by atomic mass is 32.1. The Bertz CT molecular complexity index is 435. The Morgan fingerprint density at radius 2 is 2.25 bits per heavy atom. The fourth-order valence-corrected chi connectivity index (χ4v) is 2.12. The molecule has 112 valence electrons. The molecule has 2 N–H and O–H groups in total. The number of carboxylic acids is 1. The Kier molecular flexibility index (Phi) is 7.78. The number of anilines is 1. The minimum absolute atomic E-state index is 0.0444. The summed E-state index contributed by atoms with van der Waals surface area (Å²) in [6.45, 7) is 0.762. The molecular weight excluding hydrogens is 284 g/mol. The van der Waals surface area contributed by atoms with Crippen molar-refractivity contribution in [2.45, 2.75) is 19.3 Å². The number of carbonyl (C=O) groups is 2. The standard InChI is InChI=1S/C12H18N2O5S/c1-18-5-6-19-7-10(15)14-12-13-9(8-20-12)3-2-4-11(16)17/h8H,2-7H2,1H3,(H,16,17)(H,13,14,15). The molecule has 0 aromatic carbocycles. The average molecular weight is 302 g/mol. The molecule has 0 unspecified atom stereocenters. The van der Waals surface area contributed by atoms with Gasteiger partial charge in [-0.15, -0.1) is 11.3 Å². The molecular formula is C12H18N2O5S. The number of thiazole rings is 1. The van der Waals surface area contributed by atoms with Gasteiger partial charge in [0.25, 0.3) is 5.91 Å². The van der Waals surface area contributed by atoms with E-state index in [1.165, 1.54) is 11.3 Å². The maximum Gasteiger partial charge on any atom is 0.303 e. The molecule has 0 radical (unpaired) electrons. The van der Waals surface area contributed by atoms with Gasteiger partial charge in [0.2, 0.25) is 0 Å². The van der Waals surface area contributed by atoms with E-state index in [9.17, 15) is 9.59 Å². The largest absolute Gasteiger partial charge is 0.481 e. The molecule has 0 bridgehead atoms. The molecule has 0 atom stereocenters. The molecule has 0 saturated carbocycles. The van der Waals surface area contributed by atoms with Crippen molar-refractivity contribution in [2.24, 2.45) is 0 Å². The molecule has 0 fully saturated rings. The van der Waals surface area contributed by atoms with Crippen molar-refractivity contribution in [2.75, 3.05) is 32.2 Å². The van der Waals surface area contributed by atoms with Crippen LogP contribution in [0.3, 0.4) is 0 Å². The second-order valence-corrected chi connectivity index (χ2v) is 4.84. The first-order chi connectivity index (χ1) is 9.61. The summed E-state index contributed by atoms with van der Waals surface area (Å²) >= 11 is 1.31. The molecule has 20 heavy (non-hydrogen) atoms. The van der Waals surface area contributed by atoms with Crippen LogP contribution in [0.1, 0.15) is 18.5 Å². The normalized spacial score (nSPS) is 10.4. The molecule has 1 aromatic rings. The zero-order valence-electron chi connectivity index (χ0n) is 11.3. The number of aliphatic carboxylic acids is 1. The molecule has 1 heterocycles. The van der Waals surface area contributed by atoms with Gasteiger partial charge in [0.05, 0.1) is 18.9 Å². The highest BCUT2D eigenvalue weighted by Crippen LogP contribution is 2.16. The summed E-state index contributed by atoms with van der Waals surface area (Å²) in [7, 11) is 1.56. The van der Waals surface area contributed by atoms with Crippen molar-refractivity contribution in [3.63, 3.8) is 0 Å². The van der Waals surface area contributed by atoms with E-state index in [0.29, 0.717) is 31.2 Å². The van der Waals surface area contributed by atoms with Crippen molar-refractivity contribution < 1.29 is 24.2 Å². The number of aromatic nitrogens is 1. The van der Waals surface area contributed by atoms with Crippen LogP contribution in [0.2, 0.25) is 0 Å². The summed E-state index contributed by atoms with van der Waals surface area (Å²) in [6.07, 6.45) is 1.24. The second-order valence-electron chi connectivity index (χ2n) is 3.98. The number of methoxy groups -OCH3 is 1. The molecule has 0 saturated heterocycles. The van der Waals surface area contributed by atoms with E-state index in [0.717, 1.165) is 5.69 Å². The lowest BCUT2D eigenvalue weighted by Gasteiger charge is -2.03. The topological polar surface area (TPSA) is 97.8 Å². The van der Waals surface area contributed by atoms with Gasteiger partial charge < -0.3 is 14.6 Å². The predicted octanol–water partition coefficient (Wildman–Crippen LogP) is 1.15. The van der Waals surface area contributed by atoms with Gasteiger partial charge in [-0.2, -0.15) is 0 Å². The molecule has 1 aromatic heterocycles. The molecule has 0 aliphatic rings. The lowest BCUT2D eigenvalue weighted by atomic mass is 10.2. The zero-order valence-corrected chi connectivity index (χ0v) is 12.1. The molecule has 1 amide bonds. The first-order valence-electron chi connectivity index (χ1n) is 6.14. The summed E-state index contributed by atoms with van der Waals surface area (Å²) in [5.41, 5.74) is 0.784. The number of nitrogens with one attached hydrogen (secondary N) is 1. The molecule has 0 aliphatic carbocycles. The quantitative estimate of drug-likeness (QED) is 0.629. The fraction of sp³-hybridized carbons (Fsp3) is 0.583. The van der Waals surface area contributed by atoms with E-state index < -0.39 is 5.97 Å². The van der Waals surface area contributed by atoms with E-state index in [-0.39, 0.29) is 18.9 Å². The number of ether oxygens (including phenoxy) is 2. The Morgan fingerprint density at radius 1 is 1.45 bits per heavy atom. The summed E-state index contributed by atoms with van der Waals surface area (Å²) < 4.78 is 9.87. The third-order valence-corrected chi connectivity index (χ3v) is 3.09. The minimum atomic E-state index is -0.818.